The molecule has 42 heavy (non-hydrogen) atoms. The first kappa shape index (κ1) is 44.7. The first-order chi connectivity index (χ1) is 19.6. The molecule has 0 saturated heterocycles. The van der Waals surface area contributed by atoms with Gasteiger partial charge in [0.1, 0.15) is 6.61 Å². The number of benzene rings is 1. The maximum absolute atomic E-state index is 10.8. The molecule has 0 atom stereocenters. The Bertz CT molecular complexity index is 941. The Balaban J connectivity index is -0.000000217. The Kier molecular flexibility index (Phi) is 33.3. The number of carboxylic acid groups (broad SMARTS) is 1. The number of nitrogens with zero attached hydrogens (tertiary/aromatic N) is 1. The molecule has 0 spiro atoms. The summed E-state index contributed by atoms with van der Waals surface area (Å²) in [7, 11) is 5.18. The smallest absolute Gasteiger partial charge is 0.333 e. The minimum absolute atomic E-state index is 0.181. The van der Waals surface area contributed by atoms with Crippen LogP contribution in [0, 0.1) is 0 Å². The van der Waals surface area contributed by atoms with Gasteiger partial charge in [0, 0.05) is 23.8 Å². The van der Waals surface area contributed by atoms with Crippen LogP contribution in [-0.2, 0) is 33.4 Å². The van der Waals surface area contributed by atoms with Crippen molar-refractivity contribution in [1.82, 2.24) is 4.90 Å². The lowest BCUT2D eigenvalue weighted by Crippen LogP contribution is -2.20. The summed E-state index contributed by atoms with van der Waals surface area (Å²) in [6.07, 6.45) is 4.99. The lowest BCUT2D eigenvalue weighted by molar-refractivity contribution is -0.139. The third-order valence-corrected chi connectivity index (χ3v) is 4.09. The SMILES string of the molecule is C=C(C)C(=O)OC.C=C(C)C(=O)OCCN(C)C.C=C(CO)C(=O)O.C=CC(=O)OCCCC.C=Cc1ccccc1. The highest BCUT2D eigenvalue weighted by atomic mass is 16.5. The van der Waals surface area contributed by atoms with E-state index in [2.05, 4.69) is 42.4 Å². The average Bonchev–Trinajstić information content (AvgIpc) is 2.97. The number of hydrogen-bond acceptors (Lipinski definition) is 9. The Morgan fingerprint density at radius 3 is 1.69 bits per heavy atom. The Morgan fingerprint density at radius 2 is 1.43 bits per heavy atom. The quantitative estimate of drug-likeness (QED) is 0.150. The van der Waals surface area contributed by atoms with Crippen molar-refractivity contribution < 1.29 is 43.6 Å². The molecular weight excluding hydrogens is 542 g/mol. The minimum atomic E-state index is -1.15. The van der Waals surface area contributed by atoms with Crippen molar-refractivity contribution >= 4 is 30.0 Å². The van der Waals surface area contributed by atoms with Gasteiger partial charge in [-0.15, -0.1) is 0 Å². The van der Waals surface area contributed by atoms with Crippen LogP contribution < -0.4 is 0 Å². The molecule has 10 nitrogen and oxygen atoms in total. The number of methoxy groups -OCH3 is 1. The van der Waals surface area contributed by atoms with Crippen molar-refractivity contribution in [2.45, 2.75) is 33.6 Å². The summed E-state index contributed by atoms with van der Waals surface area (Å²) < 4.78 is 13.8. The van der Waals surface area contributed by atoms with Gasteiger partial charge in [-0.1, -0.05) is 82.6 Å². The maximum atomic E-state index is 10.8. The molecule has 1 aromatic carbocycles. The molecule has 0 unspecified atom stereocenters. The van der Waals surface area contributed by atoms with Crippen LogP contribution >= 0.6 is 0 Å². The third kappa shape index (κ3) is 35.7. The van der Waals surface area contributed by atoms with E-state index in [1.54, 1.807) is 13.8 Å². The van der Waals surface area contributed by atoms with Gasteiger partial charge in [0.05, 0.1) is 25.9 Å². The van der Waals surface area contributed by atoms with E-state index in [0.717, 1.165) is 19.4 Å². The molecule has 0 aliphatic carbocycles. The van der Waals surface area contributed by atoms with Crippen molar-refractivity contribution in [2.75, 3.05) is 47.6 Å². The zero-order valence-corrected chi connectivity index (χ0v) is 26.0. The van der Waals surface area contributed by atoms with E-state index in [-0.39, 0.29) is 23.5 Å². The second kappa shape index (κ2) is 31.3. The van der Waals surface area contributed by atoms with Gasteiger partial charge < -0.3 is 29.3 Å². The van der Waals surface area contributed by atoms with E-state index in [9.17, 15) is 19.2 Å². The van der Waals surface area contributed by atoms with E-state index in [1.165, 1.54) is 18.7 Å². The topological polar surface area (TPSA) is 140 Å². The Labute approximate surface area is 251 Å². The molecular formula is C32H49NO9. The highest BCUT2D eigenvalue weighted by Crippen LogP contribution is 1.97. The molecule has 0 aliphatic heterocycles. The summed E-state index contributed by atoms with van der Waals surface area (Å²) >= 11 is 0. The normalized spacial score (nSPS) is 8.67. The number of likely N-dealkylation sites (N-methyl/N-ethyl adjacent to an activating group) is 1. The van der Waals surface area contributed by atoms with Crippen LogP contribution in [0.25, 0.3) is 6.08 Å². The minimum Gasteiger partial charge on any atom is -0.478 e. The lowest BCUT2D eigenvalue weighted by Gasteiger charge is -2.09. The van der Waals surface area contributed by atoms with E-state index in [1.807, 2.05) is 62.3 Å². The van der Waals surface area contributed by atoms with E-state index >= 15 is 0 Å². The summed E-state index contributed by atoms with van der Waals surface area (Å²) in [5.41, 5.74) is 1.87. The van der Waals surface area contributed by atoms with Crippen LogP contribution in [-0.4, -0.2) is 86.6 Å². The summed E-state index contributed by atoms with van der Waals surface area (Å²) in [5.74, 6) is -2.14. The average molecular weight is 592 g/mol. The van der Waals surface area contributed by atoms with Gasteiger partial charge in [-0.05, 0) is 39.9 Å². The maximum Gasteiger partial charge on any atom is 0.333 e. The van der Waals surface area contributed by atoms with Gasteiger partial charge in [-0.3, -0.25) is 0 Å². The first-order valence-corrected chi connectivity index (χ1v) is 12.8. The van der Waals surface area contributed by atoms with Crippen LogP contribution in [0.1, 0.15) is 39.2 Å². The molecule has 2 N–H and O–H groups in total. The summed E-state index contributed by atoms with van der Waals surface area (Å²) in [6.45, 7) is 23.2. The summed E-state index contributed by atoms with van der Waals surface area (Å²) in [6, 6.07) is 10.0. The number of hydrogen-bond donors (Lipinski definition) is 2. The highest BCUT2D eigenvalue weighted by molar-refractivity contribution is 5.87. The van der Waals surface area contributed by atoms with Crippen molar-refractivity contribution in [3.8, 4) is 0 Å². The molecule has 0 aliphatic rings. The summed E-state index contributed by atoms with van der Waals surface area (Å²) in [5, 5.41) is 15.9. The number of aliphatic hydroxyl groups excluding tert-OH is 1. The van der Waals surface area contributed by atoms with Crippen LogP contribution in [0.4, 0.5) is 0 Å². The number of carbonyl (C=O) groups excluding carboxylic acids is 3. The zero-order valence-electron chi connectivity index (χ0n) is 26.0. The molecule has 0 aromatic heterocycles. The fourth-order valence-corrected chi connectivity index (χ4v) is 1.65. The van der Waals surface area contributed by atoms with Gasteiger partial charge in [-0.2, -0.15) is 0 Å². The van der Waals surface area contributed by atoms with Crippen molar-refractivity contribution in [3.05, 3.63) is 91.6 Å². The molecule has 1 rings (SSSR count). The number of esters is 3. The molecule has 0 bridgehead atoms. The van der Waals surface area contributed by atoms with Gasteiger partial charge in [-0.25, -0.2) is 19.2 Å². The van der Waals surface area contributed by atoms with Crippen LogP contribution in [0.5, 0.6) is 0 Å². The molecule has 0 heterocycles. The van der Waals surface area contributed by atoms with E-state index < -0.39 is 12.6 Å². The van der Waals surface area contributed by atoms with Crippen molar-refractivity contribution in [2.24, 2.45) is 0 Å². The fourth-order valence-electron chi connectivity index (χ4n) is 1.65. The third-order valence-electron chi connectivity index (χ3n) is 4.09. The number of carbonyl (C=O) groups is 4. The monoisotopic (exact) mass is 591 g/mol. The second-order valence-electron chi connectivity index (χ2n) is 8.40. The van der Waals surface area contributed by atoms with E-state index in [4.69, 9.17) is 14.9 Å². The second-order valence-corrected chi connectivity index (χ2v) is 8.40. The van der Waals surface area contributed by atoms with Gasteiger partial charge in [0.2, 0.25) is 0 Å². The predicted molar refractivity (Wildman–Crippen MR) is 168 cm³/mol. The lowest BCUT2D eigenvalue weighted by atomic mass is 10.2. The fraction of sp³-hybridized carbons (Fsp3) is 0.375. The summed E-state index contributed by atoms with van der Waals surface area (Å²) in [4.78, 5) is 42.9. The number of rotatable bonds is 12. The molecule has 0 amide bonds. The number of aliphatic carboxylic acids is 1. The van der Waals surface area contributed by atoms with Gasteiger partial charge in [0.15, 0.2) is 0 Å². The highest BCUT2D eigenvalue weighted by Gasteiger charge is 2.01. The molecule has 236 valence electrons. The van der Waals surface area contributed by atoms with E-state index in [0.29, 0.717) is 24.4 Å². The molecule has 0 fully saturated rings. The zero-order chi connectivity index (χ0) is 33.5. The van der Waals surface area contributed by atoms with Gasteiger partial charge in [0.25, 0.3) is 0 Å². The number of ether oxygens (including phenoxy) is 3. The number of unbranched alkanes of at least 4 members (excludes halogenated alkanes) is 1. The van der Waals surface area contributed by atoms with Gasteiger partial charge >= 0.3 is 23.9 Å². The number of carboxylic acids is 1. The molecule has 0 saturated carbocycles. The molecule has 1 aromatic rings. The molecule has 0 radical (unpaired) electrons. The first-order valence-electron chi connectivity index (χ1n) is 12.8. The Morgan fingerprint density at radius 1 is 0.905 bits per heavy atom. The predicted octanol–water partition coefficient (Wildman–Crippen LogP) is 4.87. The van der Waals surface area contributed by atoms with Crippen molar-refractivity contribution in [3.63, 3.8) is 0 Å². The number of aliphatic hydroxyl groups is 1. The van der Waals surface area contributed by atoms with Crippen LogP contribution in [0.15, 0.2) is 86.0 Å². The van der Waals surface area contributed by atoms with Crippen LogP contribution in [0.2, 0.25) is 0 Å². The largest absolute Gasteiger partial charge is 0.478 e. The molecule has 10 heteroatoms. The Hall–Kier alpha value is -4.28. The van der Waals surface area contributed by atoms with Crippen molar-refractivity contribution in [1.29, 1.82) is 0 Å². The van der Waals surface area contributed by atoms with Crippen LogP contribution in [0.3, 0.4) is 0 Å². The standard InChI is InChI=1S/C8H15NO2.C8H8.C7H12O2.C5H8O2.C4H6O3/c1-7(2)8(10)11-6-5-9(3)4;1-2-8-6-4-3-5-7-8;1-3-5-6-9-7(8)4-2;1-4(2)5(6)7-3;1-3(2-5)4(6)7/h1,5-6H2,2-4H3;2-7H,1H2;4H,2-3,5-6H2,1H3;1H2,2-3H3;5H,1-2H2,(H,6,7).